The van der Waals surface area contributed by atoms with E-state index in [0.717, 1.165) is 9.80 Å². The number of benzene rings is 5. The third kappa shape index (κ3) is 29.1. The number of carbonyl (C=O) groups excluding carboxylic acids is 15. The maximum Gasteiger partial charge on any atom is 0.326 e. The number of likely N-dealkylation sites (tertiary alicyclic amines) is 3. The second-order valence-electron chi connectivity index (χ2n) is 35.5. The van der Waals surface area contributed by atoms with Crippen LogP contribution in [0.3, 0.4) is 0 Å². The molecule has 15 amide bonds. The molecule has 40 heteroatoms. The molecular formula is C95H122N18O22. The molecular weight excluding hydrogens is 1750 g/mol. The Morgan fingerprint density at radius 2 is 0.807 bits per heavy atom. The number of carboxylic acids is 2. The van der Waals surface area contributed by atoms with Gasteiger partial charge in [0.15, 0.2) is 0 Å². The van der Waals surface area contributed by atoms with Crippen LogP contribution >= 0.6 is 0 Å². The maximum atomic E-state index is 15.3. The van der Waals surface area contributed by atoms with Crippen LogP contribution in [0, 0.1) is 11.8 Å². The molecule has 15 atom stereocenters. The number of hydrogen-bond donors (Lipinski definition) is 20. The Kier molecular flexibility index (Phi) is 36.8. The third-order valence-corrected chi connectivity index (χ3v) is 24.1. The predicted molar refractivity (Wildman–Crippen MR) is 491 cm³/mol. The number of aliphatic hydroxyl groups is 1. The van der Waals surface area contributed by atoms with Gasteiger partial charge in [0.25, 0.3) is 0 Å². The number of phenols is 2. The highest BCUT2D eigenvalue weighted by Crippen LogP contribution is 2.28. The topological polar surface area (TPSA) is 617 Å². The summed E-state index contributed by atoms with van der Waals surface area (Å²) in [4.78, 5) is 251. The summed E-state index contributed by atoms with van der Waals surface area (Å²) in [6, 6.07) is 14.0. The fraction of sp³-hybridized carbons (Fsp3) is 0.463. The van der Waals surface area contributed by atoms with Crippen LogP contribution in [0.2, 0.25) is 0 Å². The molecule has 22 N–H and O–H groups in total. The van der Waals surface area contributed by atoms with E-state index < -0.39 is 223 Å². The molecule has 3 aliphatic heterocycles. The number of aromatic hydroxyl groups is 2. The van der Waals surface area contributed by atoms with Gasteiger partial charge in [-0.1, -0.05) is 119 Å². The van der Waals surface area contributed by atoms with Gasteiger partial charge in [0.05, 0.1) is 18.7 Å². The Morgan fingerprint density at radius 3 is 1.30 bits per heavy atom. The molecule has 7 aromatic rings. The van der Waals surface area contributed by atoms with Crippen molar-refractivity contribution < 1.29 is 107 Å². The smallest absolute Gasteiger partial charge is 0.326 e. The molecule has 0 bridgehead atoms. The van der Waals surface area contributed by atoms with Gasteiger partial charge in [-0.3, -0.25) is 76.7 Å². The maximum absolute atomic E-state index is 15.3. The molecule has 0 saturated carbocycles. The van der Waals surface area contributed by atoms with E-state index in [4.69, 9.17) is 11.5 Å². The molecule has 5 aromatic carbocycles. The molecule has 3 saturated heterocycles. The van der Waals surface area contributed by atoms with Gasteiger partial charge in [-0.05, 0) is 161 Å². The van der Waals surface area contributed by atoms with Gasteiger partial charge < -0.3 is 120 Å². The first-order valence-electron chi connectivity index (χ1n) is 45.4. The van der Waals surface area contributed by atoms with Crippen LogP contribution in [0.15, 0.2) is 140 Å². The Bertz CT molecular complexity index is 5410. The van der Waals surface area contributed by atoms with Crippen molar-refractivity contribution in [1.82, 2.24) is 83.2 Å². The van der Waals surface area contributed by atoms with E-state index in [1.807, 2.05) is 13.8 Å². The molecule has 724 valence electrons. The van der Waals surface area contributed by atoms with E-state index in [2.05, 4.69) is 68.5 Å². The van der Waals surface area contributed by atoms with Crippen LogP contribution in [0.5, 0.6) is 11.5 Å². The van der Waals surface area contributed by atoms with E-state index in [1.54, 1.807) is 105 Å². The first-order chi connectivity index (χ1) is 64.3. The van der Waals surface area contributed by atoms with Gasteiger partial charge in [0.2, 0.25) is 88.6 Å². The summed E-state index contributed by atoms with van der Waals surface area (Å²) in [7, 11) is 0. The van der Waals surface area contributed by atoms with Crippen molar-refractivity contribution >= 4 is 122 Å². The number of aliphatic carboxylic acids is 2. The predicted octanol–water partition coefficient (Wildman–Crippen LogP) is 0.546. The number of hydrogen-bond acceptors (Lipinski definition) is 21. The minimum Gasteiger partial charge on any atom is -0.508 e. The highest BCUT2D eigenvalue weighted by molar-refractivity contribution is 6.02. The fourth-order valence-electron chi connectivity index (χ4n) is 17.0. The van der Waals surface area contributed by atoms with Crippen LogP contribution < -0.4 is 70.0 Å². The zero-order chi connectivity index (χ0) is 98.0. The normalized spacial score (nSPS) is 17.4. The number of carboxylic acid groups (broad SMARTS) is 2. The number of para-hydroxylation sites is 2. The van der Waals surface area contributed by atoms with Crippen LogP contribution in [-0.2, 0) is 114 Å². The molecule has 135 heavy (non-hydrogen) atoms. The fourth-order valence-corrected chi connectivity index (χ4v) is 17.0. The molecule has 0 spiro atoms. The zero-order valence-electron chi connectivity index (χ0n) is 76.1. The van der Waals surface area contributed by atoms with E-state index in [0.29, 0.717) is 56.0 Å². The second-order valence-corrected chi connectivity index (χ2v) is 35.5. The number of aromatic nitrogens is 2. The summed E-state index contributed by atoms with van der Waals surface area (Å²) in [6.07, 6.45) is -0.198. The van der Waals surface area contributed by atoms with Crippen molar-refractivity contribution in [2.75, 3.05) is 26.2 Å². The van der Waals surface area contributed by atoms with E-state index >= 15 is 14.4 Å². The largest absolute Gasteiger partial charge is 0.508 e. The Balaban J connectivity index is 0.828. The lowest BCUT2D eigenvalue weighted by atomic mass is 10.0. The second kappa shape index (κ2) is 48.4. The third-order valence-electron chi connectivity index (χ3n) is 24.1. The number of amides is 15. The lowest BCUT2D eigenvalue weighted by molar-refractivity contribution is -0.145. The van der Waals surface area contributed by atoms with Crippen LogP contribution in [0.4, 0.5) is 0 Å². The minimum atomic E-state index is -1.79. The van der Waals surface area contributed by atoms with Gasteiger partial charge in [-0.2, -0.15) is 0 Å². The Labute approximate surface area is 778 Å². The van der Waals surface area contributed by atoms with Crippen molar-refractivity contribution in [3.8, 4) is 11.5 Å². The van der Waals surface area contributed by atoms with E-state index in [1.165, 1.54) is 67.3 Å². The molecule has 40 nitrogen and oxygen atoms in total. The number of fused-ring (bicyclic) bond motifs is 2. The molecule has 3 fully saturated rings. The summed E-state index contributed by atoms with van der Waals surface area (Å²) >= 11 is 0. The Hall–Kier alpha value is -14.3. The number of nitrogens with two attached hydrogens (primary N) is 2. The van der Waals surface area contributed by atoms with Crippen LogP contribution in [0.1, 0.15) is 146 Å². The van der Waals surface area contributed by atoms with Gasteiger partial charge in [0.1, 0.15) is 90.0 Å². The summed E-state index contributed by atoms with van der Waals surface area (Å²) in [5.74, 6) is -16.3. The van der Waals surface area contributed by atoms with Gasteiger partial charge >= 0.3 is 11.9 Å². The molecule has 0 radical (unpaired) electrons. The zero-order valence-corrected chi connectivity index (χ0v) is 76.1. The number of aliphatic hydroxyl groups excluding tert-OH is 1. The number of phenolic OH excluding ortho intramolecular Hbond substituents is 2. The number of rotatable bonds is 47. The molecule has 5 heterocycles. The minimum absolute atomic E-state index is 0.00648. The van der Waals surface area contributed by atoms with Crippen molar-refractivity contribution in [3.05, 3.63) is 168 Å². The summed E-state index contributed by atoms with van der Waals surface area (Å²) < 4.78 is 0. The Morgan fingerprint density at radius 1 is 0.407 bits per heavy atom. The monoisotopic (exact) mass is 1870 g/mol. The first-order valence-corrected chi connectivity index (χ1v) is 45.4. The van der Waals surface area contributed by atoms with E-state index in [9.17, 15) is 92.7 Å². The average molecular weight is 1870 g/mol. The first kappa shape index (κ1) is 103. The summed E-state index contributed by atoms with van der Waals surface area (Å²) in [6.45, 7) is 8.89. The molecule has 10 rings (SSSR count). The van der Waals surface area contributed by atoms with Crippen molar-refractivity contribution in [3.63, 3.8) is 0 Å². The van der Waals surface area contributed by atoms with Crippen molar-refractivity contribution in [2.45, 2.75) is 241 Å². The summed E-state index contributed by atoms with van der Waals surface area (Å²) in [5, 5.41) is 81.7. The molecule has 2 aromatic heterocycles. The molecule has 3 aliphatic rings. The number of primary amides is 1. The highest BCUT2D eigenvalue weighted by Gasteiger charge is 2.45. The number of nitrogens with one attached hydrogen (secondary N) is 13. The number of nitrogens with zero attached hydrogens (tertiary/aromatic N) is 3. The van der Waals surface area contributed by atoms with Crippen molar-refractivity contribution in [1.29, 1.82) is 0 Å². The van der Waals surface area contributed by atoms with Crippen molar-refractivity contribution in [2.24, 2.45) is 23.3 Å². The summed E-state index contributed by atoms with van der Waals surface area (Å²) in [5.41, 5.74) is 15.7. The van der Waals surface area contributed by atoms with Crippen LogP contribution in [0.25, 0.3) is 21.8 Å². The molecule has 0 aliphatic carbocycles. The van der Waals surface area contributed by atoms with Gasteiger partial charge in [0, 0.05) is 92.4 Å². The lowest BCUT2D eigenvalue weighted by Crippen LogP contribution is -2.61. The standard InChI is InChI=1S/C95H122N18O22/c1-51(2)41-73(93(132)112-39-16-25-77(112)91(130)109-74(95(134)135)42-52(3)4)108-82(121)53(5)101-85(124)70(45-57-28-32-61(116)33-29-57)107-90(129)76-24-15-38-111(76)92(131)68(34-36-78(97)117)104-87(126)71(46-58-48-98-65-21-12-10-19-62(58)65)106-86(125)69(44-56-26-30-60(115)31-27-56)102-79(118)50-100-89(128)75-23-14-40-113(75)94(133)81(54(6)114)110-88(127)72(47-59-49-99-66-22-13-11-20-63(59)66)105-84(123)67(35-37-80(119)120)103-83(122)64(96)43-55-17-8-7-9-18-55/h7-13,17-22,26-33,48-49,51-54,64,67-77,81,98-99,114-116H,14-16,23-25,34-47,50,96H2,1-6H3,(H2,97,117)(H,100,128)(H,101,124)(H,102,118)(H,103,122)(H,104,126)(H,105,123)(H,106,125)(H,107,129)(H,108,121)(H,109,130)(H,110,127)(H,119,120)(H,134,135)/t53-,54+,64-,67-,68-,69-,70-,71-,72-,73-,74-,75-,76-,77-,81-/m0/s1. The number of aromatic amines is 2. The number of H-pyrrole nitrogens is 2. The molecule has 0 unspecified atom stereocenters. The average Bonchev–Trinajstić information content (AvgIpc) is 1.73. The quantitative estimate of drug-likeness (QED) is 0.0248. The number of carbonyl (C=O) groups is 17. The van der Waals surface area contributed by atoms with Gasteiger partial charge in [-0.15, -0.1) is 0 Å². The SMILES string of the molecule is CC(C)C[C@H](NC(=O)[C@@H]1CCCN1C(=O)[C@H](CC(C)C)NC(=O)[C@H](C)NC(=O)[C@H](Cc1ccc(O)cc1)NC(=O)[C@@H]1CCCN1C(=O)[C@H](CCC(N)=O)NC(=O)[C@H](Cc1c[nH]c2ccccc12)NC(=O)[C@H](Cc1ccc(O)cc1)NC(=O)CNC(=O)[C@@H]1CCCN1C(=O)[C@@H](NC(=O)[C@H](Cc1c[nH]c2ccccc12)NC(=O)[C@H](CCC(=O)O)NC(=O)[C@@H](N)Cc1ccccc1)[C@@H](C)O)C(=O)O. The lowest BCUT2D eigenvalue weighted by Gasteiger charge is -2.31. The van der Waals surface area contributed by atoms with Gasteiger partial charge in [-0.25, -0.2) is 4.79 Å². The van der Waals surface area contributed by atoms with E-state index in [-0.39, 0.29) is 120 Å². The van der Waals surface area contributed by atoms with Crippen LogP contribution in [-0.4, -0.2) is 268 Å². The highest BCUT2D eigenvalue weighted by atomic mass is 16.4.